The molecule has 5 rings (SSSR count). The maximum Gasteiger partial charge on any atom is 0.275 e. The monoisotopic (exact) mass is 507 g/mol. The largest absolute Gasteiger partial charge is 0.505 e. The van der Waals surface area contributed by atoms with Gasteiger partial charge in [-0.1, -0.05) is 18.2 Å². The van der Waals surface area contributed by atoms with E-state index in [9.17, 15) is 19.1 Å². The highest BCUT2D eigenvalue weighted by atomic mass is 19.1. The number of aromatic nitrogens is 1. The van der Waals surface area contributed by atoms with E-state index in [2.05, 4.69) is 0 Å². The van der Waals surface area contributed by atoms with Gasteiger partial charge in [-0.15, -0.1) is 0 Å². The van der Waals surface area contributed by atoms with Crippen molar-refractivity contribution in [3.05, 3.63) is 76.4 Å². The molecule has 3 heterocycles. The van der Waals surface area contributed by atoms with Crippen molar-refractivity contribution in [1.29, 1.82) is 0 Å². The van der Waals surface area contributed by atoms with Crippen molar-refractivity contribution in [3.63, 3.8) is 0 Å². The van der Waals surface area contributed by atoms with Crippen molar-refractivity contribution in [3.8, 4) is 17.2 Å². The van der Waals surface area contributed by atoms with Gasteiger partial charge in [0.1, 0.15) is 11.4 Å². The lowest BCUT2D eigenvalue weighted by atomic mass is 9.97. The molecule has 0 saturated carbocycles. The van der Waals surface area contributed by atoms with Crippen LogP contribution < -0.4 is 9.47 Å². The third-order valence-corrected chi connectivity index (χ3v) is 7.26. The molecule has 194 valence electrons. The van der Waals surface area contributed by atoms with Crippen molar-refractivity contribution in [2.75, 3.05) is 20.8 Å². The van der Waals surface area contributed by atoms with Crippen molar-refractivity contribution in [2.24, 2.45) is 0 Å². The van der Waals surface area contributed by atoms with Crippen molar-refractivity contribution >= 4 is 11.8 Å². The molecule has 0 bridgehead atoms. The molecule has 2 aliphatic heterocycles. The lowest BCUT2D eigenvalue weighted by Gasteiger charge is -2.43. The normalized spacial score (nSPS) is 16.5. The van der Waals surface area contributed by atoms with Crippen molar-refractivity contribution < 1.29 is 28.6 Å². The molecule has 8 nitrogen and oxygen atoms in total. The summed E-state index contributed by atoms with van der Waals surface area (Å²) in [7, 11) is 3.12. The van der Waals surface area contributed by atoms with Crippen LogP contribution in [0.4, 0.5) is 4.39 Å². The van der Waals surface area contributed by atoms with Crippen LogP contribution in [0.3, 0.4) is 0 Å². The predicted molar refractivity (Wildman–Crippen MR) is 134 cm³/mol. The SMILES string of the molecule is COc1ccc(CN2C(=O)c3c(O)c4c(n3CC2(C)C)CCN(Cc2ccc(F)cc2)C4=O)cc1OC. The third-order valence-electron chi connectivity index (χ3n) is 7.26. The fourth-order valence-corrected chi connectivity index (χ4v) is 5.31. The number of methoxy groups -OCH3 is 2. The lowest BCUT2D eigenvalue weighted by Crippen LogP contribution is -2.54. The fraction of sp³-hybridized carbons (Fsp3) is 0.357. The summed E-state index contributed by atoms with van der Waals surface area (Å²) < 4.78 is 25.8. The van der Waals surface area contributed by atoms with Crippen LogP contribution in [0.1, 0.15) is 51.5 Å². The number of benzene rings is 2. The Morgan fingerprint density at radius 1 is 0.946 bits per heavy atom. The molecular formula is C28H30FN3O5. The summed E-state index contributed by atoms with van der Waals surface area (Å²) in [5, 5.41) is 11.2. The third kappa shape index (κ3) is 4.18. The number of hydrogen-bond acceptors (Lipinski definition) is 5. The summed E-state index contributed by atoms with van der Waals surface area (Å²) in [4.78, 5) is 30.6. The fourth-order valence-electron chi connectivity index (χ4n) is 5.31. The van der Waals surface area contributed by atoms with Crippen LogP contribution in [0, 0.1) is 5.82 Å². The molecule has 0 radical (unpaired) electrons. The van der Waals surface area contributed by atoms with E-state index in [4.69, 9.17) is 9.47 Å². The predicted octanol–water partition coefficient (Wildman–Crippen LogP) is 3.98. The number of ether oxygens (including phenoxy) is 2. The van der Waals surface area contributed by atoms with Crippen LogP contribution in [0.5, 0.6) is 17.2 Å². The van der Waals surface area contributed by atoms with Gasteiger partial charge >= 0.3 is 0 Å². The topological polar surface area (TPSA) is 84.2 Å². The molecule has 0 saturated heterocycles. The molecule has 0 aliphatic carbocycles. The summed E-state index contributed by atoms with van der Waals surface area (Å²) in [6.45, 7) is 5.42. The number of hydrogen-bond donors (Lipinski definition) is 1. The number of carbonyl (C=O) groups is 2. The Balaban J connectivity index is 1.46. The van der Waals surface area contributed by atoms with Crippen LogP contribution >= 0.6 is 0 Å². The Labute approximate surface area is 214 Å². The highest BCUT2D eigenvalue weighted by molar-refractivity contribution is 6.06. The number of halogens is 1. The van der Waals surface area contributed by atoms with Crippen LogP contribution in [0.2, 0.25) is 0 Å². The van der Waals surface area contributed by atoms with Gasteiger partial charge in [0.25, 0.3) is 11.8 Å². The van der Waals surface area contributed by atoms with Crippen molar-refractivity contribution in [2.45, 2.75) is 45.4 Å². The van der Waals surface area contributed by atoms with Gasteiger partial charge in [0, 0.05) is 38.3 Å². The van der Waals surface area contributed by atoms with E-state index in [1.54, 1.807) is 42.2 Å². The van der Waals surface area contributed by atoms with Crippen LogP contribution in [0.25, 0.3) is 0 Å². The molecule has 3 aromatic rings. The first-order valence-corrected chi connectivity index (χ1v) is 12.2. The van der Waals surface area contributed by atoms with Crippen LogP contribution in [-0.4, -0.2) is 57.6 Å². The maximum absolute atomic E-state index is 13.8. The Bertz CT molecular complexity index is 1380. The summed E-state index contributed by atoms with van der Waals surface area (Å²) in [6, 6.07) is 11.5. The number of nitrogens with zero attached hydrogens (tertiary/aromatic N) is 3. The first-order chi connectivity index (χ1) is 17.6. The molecular weight excluding hydrogens is 477 g/mol. The first kappa shape index (κ1) is 24.7. The minimum Gasteiger partial charge on any atom is -0.505 e. The minimum absolute atomic E-state index is 0.141. The van der Waals surface area contributed by atoms with Gasteiger partial charge in [0.05, 0.1) is 19.8 Å². The van der Waals surface area contributed by atoms with Crippen molar-refractivity contribution in [1.82, 2.24) is 14.4 Å². The zero-order valence-electron chi connectivity index (χ0n) is 21.4. The molecule has 2 amide bonds. The zero-order valence-corrected chi connectivity index (χ0v) is 21.4. The van der Waals surface area contributed by atoms with Gasteiger partial charge in [-0.25, -0.2) is 4.39 Å². The summed E-state index contributed by atoms with van der Waals surface area (Å²) >= 11 is 0. The number of rotatable bonds is 6. The second kappa shape index (κ2) is 9.14. The first-order valence-electron chi connectivity index (χ1n) is 12.2. The Morgan fingerprint density at radius 3 is 2.30 bits per heavy atom. The van der Waals surface area contributed by atoms with Gasteiger partial charge in [-0.3, -0.25) is 9.59 Å². The molecule has 2 aliphatic rings. The van der Waals surface area contributed by atoms with E-state index in [-0.39, 0.29) is 34.6 Å². The highest BCUT2D eigenvalue weighted by Gasteiger charge is 2.45. The summed E-state index contributed by atoms with van der Waals surface area (Å²) in [6.07, 6.45) is 0.509. The molecule has 1 aromatic heterocycles. The average molecular weight is 508 g/mol. The molecule has 2 aromatic carbocycles. The van der Waals surface area contributed by atoms with Gasteiger partial charge in [0.15, 0.2) is 22.9 Å². The van der Waals surface area contributed by atoms with Crippen LogP contribution in [0.15, 0.2) is 42.5 Å². The zero-order chi connectivity index (χ0) is 26.5. The Hall–Kier alpha value is -4.01. The minimum atomic E-state index is -0.579. The van der Waals surface area contributed by atoms with Gasteiger partial charge < -0.3 is 28.9 Å². The van der Waals surface area contributed by atoms with Gasteiger partial charge in [-0.05, 0) is 49.2 Å². The second-order valence-electron chi connectivity index (χ2n) is 10.1. The average Bonchev–Trinajstić information content (AvgIpc) is 3.15. The lowest BCUT2D eigenvalue weighted by molar-refractivity contribution is 0.0377. The van der Waals surface area contributed by atoms with E-state index >= 15 is 0 Å². The number of amides is 2. The second-order valence-corrected chi connectivity index (χ2v) is 10.1. The van der Waals surface area contributed by atoms with E-state index in [0.29, 0.717) is 49.8 Å². The number of aromatic hydroxyl groups is 1. The summed E-state index contributed by atoms with van der Waals surface area (Å²) in [5.41, 5.74) is 2.07. The highest BCUT2D eigenvalue weighted by Crippen LogP contribution is 2.41. The Morgan fingerprint density at radius 2 is 1.62 bits per heavy atom. The maximum atomic E-state index is 13.8. The Kier molecular flexibility index (Phi) is 6.09. The van der Waals surface area contributed by atoms with Gasteiger partial charge in [0.2, 0.25) is 0 Å². The van der Waals surface area contributed by atoms with E-state index in [0.717, 1.165) is 11.1 Å². The van der Waals surface area contributed by atoms with Gasteiger partial charge in [-0.2, -0.15) is 0 Å². The standard InChI is InChI=1S/C28H30FN3O5/c1-28(2)16-31-20-11-12-30(14-17-5-8-19(29)9-6-17)26(34)23(20)25(33)24(31)27(35)32(28)15-18-7-10-21(36-3)22(13-18)37-4/h5-10,13,33H,11-12,14-16H2,1-4H3. The van der Waals surface area contributed by atoms with E-state index in [1.807, 2.05) is 30.5 Å². The quantitative estimate of drug-likeness (QED) is 0.546. The number of fused-ring (bicyclic) bond motifs is 3. The molecule has 37 heavy (non-hydrogen) atoms. The smallest absolute Gasteiger partial charge is 0.275 e. The van der Waals surface area contributed by atoms with E-state index in [1.165, 1.54) is 12.1 Å². The summed E-state index contributed by atoms with van der Waals surface area (Å²) in [5.74, 6) is -0.124. The molecule has 0 fully saturated rings. The number of carbonyl (C=O) groups excluding carboxylic acids is 2. The molecule has 0 unspecified atom stereocenters. The molecule has 0 spiro atoms. The molecule has 0 atom stereocenters. The van der Waals surface area contributed by atoms with E-state index < -0.39 is 5.54 Å². The molecule has 9 heteroatoms. The van der Waals surface area contributed by atoms with Crippen LogP contribution in [-0.2, 0) is 26.1 Å². The molecule has 1 N–H and O–H groups in total.